The molecule has 1 atom stereocenters. The van der Waals surface area contributed by atoms with Gasteiger partial charge in [0.05, 0.1) is 11.8 Å². The maximum atomic E-state index is 13.2. The molecule has 18 heavy (non-hydrogen) atoms. The topological polar surface area (TPSA) is 54.0 Å². The van der Waals surface area contributed by atoms with Gasteiger partial charge in [0.2, 0.25) is 0 Å². The number of carbonyl (C=O) groups is 1. The number of rotatable bonds is 3. The minimum atomic E-state index is -0.584. The van der Waals surface area contributed by atoms with Crippen molar-refractivity contribution in [1.29, 1.82) is 0 Å². The van der Waals surface area contributed by atoms with E-state index in [9.17, 15) is 9.18 Å². The molecule has 1 aromatic rings. The van der Waals surface area contributed by atoms with E-state index in [0.717, 1.165) is 25.6 Å². The van der Waals surface area contributed by atoms with Crippen LogP contribution < -0.4 is 10.6 Å². The molecule has 1 unspecified atom stereocenters. The summed E-state index contributed by atoms with van der Waals surface area (Å²) in [5.41, 5.74) is 0.0491. The summed E-state index contributed by atoms with van der Waals surface area (Å²) in [5, 5.41) is 5.97. The molecule has 2 rings (SSSR count). The summed E-state index contributed by atoms with van der Waals surface area (Å²) < 4.78 is 13.2. The van der Waals surface area contributed by atoms with Crippen LogP contribution in [0.1, 0.15) is 23.2 Å². The fourth-order valence-corrected chi connectivity index (χ4v) is 1.80. The Labute approximate surface area is 118 Å². The van der Waals surface area contributed by atoms with E-state index in [4.69, 9.17) is 0 Å². The van der Waals surface area contributed by atoms with Crippen LogP contribution in [0.15, 0.2) is 18.5 Å². The van der Waals surface area contributed by atoms with E-state index >= 15 is 0 Å². The van der Waals surface area contributed by atoms with Crippen LogP contribution >= 0.6 is 24.8 Å². The first-order valence-electron chi connectivity index (χ1n) is 5.38. The van der Waals surface area contributed by atoms with Crippen molar-refractivity contribution in [3.8, 4) is 0 Å². The van der Waals surface area contributed by atoms with Crippen molar-refractivity contribution in [2.24, 2.45) is 0 Å². The highest BCUT2D eigenvalue weighted by Crippen LogP contribution is 2.06. The van der Waals surface area contributed by atoms with Gasteiger partial charge in [0.15, 0.2) is 5.82 Å². The van der Waals surface area contributed by atoms with Gasteiger partial charge in [-0.2, -0.15) is 0 Å². The second-order valence-electron chi connectivity index (χ2n) is 3.86. The molecule has 7 heteroatoms. The van der Waals surface area contributed by atoms with Crippen LogP contribution in [-0.4, -0.2) is 30.0 Å². The first-order valence-corrected chi connectivity index (χ1v) is 5.38. The molecule has 1 fully saturated rings. The lowest BCUT2D eigenvalue weighted by atomic mass is 10.2. The molecule has 1 amide bonds. The summed E-state index contributed by atoms with van der Waals surface area (Å²) >= 11 is 0. The Morgan fingerprint density at radius 3 is 2.94 bits per heavy atom. The van der Waals surface area contributed by atoms with Gasteiger partial charge >= 0.3 is 0 Å². The number of hydrogen-bond acceptors (Lipinski definition) is 3. The Balaban J connectivity index is 0.00000144. The van der Waals surface area contributed by atoms with Crippen LogP contribution in [0.5, 0.6) is 0 Å². The molecule has 1 aliphatic rings. The predicted octanol–water partition coefficient (Wildman–Crippen LogP) is 1.55. The molecule has 0 aliphatic carbocycles. The van der Waals surface area contributed by atoms with Crippen LogP contribution in [0.2, 0.25) is 0 Å². The Morgan fingerprint density at radius 1 is 1.56 bits per heavy atom. The molecule has 0 bridgehead atoms. The second kappa shape index (κ2) is 8.24. The predicted molar refractivity (Wildman–Crippen MR) is 72.0 cm³/mol. The number of amides is 1. The average molecular weight is 296 g/mol. The van der Waals surface area contributed by atoms with E-state index in [1.54, 1.807) is 0 Å². The molecule has 0 radical (unpaired) electrons. The standard InChI is InChI=1S/C11H14FN3O.2ClH/c12-10-7-13-5-3-9(10)11(16)15-6-8-2-1-4-14-8;;/h3,5,7-8,14H,1-2,4,6H2,(H,15,16);2*1H. The maximum Gasteiger partial charge on any atom is 0.254 e. The summed E-state index contributed by atoms with van der Waals surface area (Å²) in [6.07, 6.45) is 4.64. The first-order chi connectivity index (χ1) is 7.77. The smallest absolute Gasteiger partial charge is 0.254 e. The van der Waals surface area contributed by atoms with Gasteiger partial charge in [-0.25, -0.2) is 4.39 Å². The van der Waals surface area contributed by atoms with Gasteiger partial charge < -0.3 is 10.6 Å². The van der Waals surface area contributed by atoms with Gasteiger partial charge in [0.25, 0.3) is 5.91 Å². The van der Waals surface area contributed by atoms with Gasteiger partial charge in [-0.3, -0.25) is 9.78 Å². The lowest BCUT2D eigenvalue weighted by molar-refractivity contribution is 0.0946. The Kier molecular flexibility index (Phi) is 7.82. The monoisotopic (exact) mass is 295 g/mol. The SMILES string of the molecule is Cl.Cl.O=C(NCC1CCCN1)c1ccncc1F. The van der Waals surface area contributed by atoms with E-state index in [1.807, 2.05) is 0 Å². The zero-order chi connectivity index (χ0) is 11.4. The van der Waals surface area contributed by atoms with Gasteiger partial charge in [-0.15, -0.1) is 24.8 Å². The zero-order valence-electron chi connectivity index (χ0n) is 9.69. The number of carbonyl (C=O) groups excluding carboxylic acids is 1. The number of nitrogens with one attached hydrogen (secondary N) is 2. The molecular formula is C11H16Cl2FN3O. The van der Waals surface area contributed by atoms with Crippen LogP contribution in [0.4, 0.5) is 4.39 Å². The van der Waals surface area contributed by atoms with Crippen molar-refractivity contribution in [2.75, 3.05) is 13.1 Å². The normalized spacial score (nSPS) is 17.5. The Morgan fingerprint density at radius 2 is 2.33 bits per heavy atom. The lowest BCUT2D eigenvalue weighted by Crippen LogP contribution is -2.37. The van der Waals surface area contributed by atoms with Crippen LogP contribution in [0.3, 0.4) is 0 Å². The maximum absolute atomic E-state index is 13.2. The summed E-state index contributed by atoms with van der Waals surface area (Å²) in [4.78, 5) is 15.2. The number of halogens is 3. The van der Waals surface area contributed by atoms with Crippen molar-refractivity contribution < 1.29 is 9.18 Å². The van der Waals surface area contributed by atoms with Gasteiger partial charge in [-0.05, 0) is 25.5 Å². The number of aromatic nitrogens is 1. The largest absolute Gasteiger partial charge is 0.350 e. The lowest BCUT2D eigenvalue weighted by Gasteiger charge is -2.11. The van der Waals surface area contributed by atoms with Crippen LogP contribution in [0, 0.1) is 5.82 Å². The molecule has 0 spiro atoms. The van der Waals surface area contributed by atoms with E-state index in [2.05, 4.69) is 15.6 Å². The van der Waals surface area contributed by atoms with Crippen molar-refractivity contribution in [3.63, 3.8) is 0 Å². The fraction of sp³-hybridized carbons (Fsp3) is 0.455. The van der Waals surface area contributed by atoms with Gasteiger partial charge in [0, 0.05) is 18.8 Å². The van der Waals surface area contributed by atoms with E-state index in [-0.39, 0.29) is 36.3 Å². The molecule has 0 aromatic carbocycles. The highest BCUT2D eigenvalue weighted by atomic mass is 35.5. The number of nitrogens with zero attached hydrogens (tertiary/aromatic N) is 1. The van der Waals surface area contributed by atoms with Gasteiger partial charge in [-0.1, -0.05) is 0 Å². The fourth-order valence-electron chi connectivity index (χ4n) is 1.80. The van der Waals surface area contributed by atoms with Crippen molar-refractivity contribution in [3.05, 3.63) is 29.8 Å². The second-order valence-corrected chi connectivity index (χ2v) is 3.86. The summed E-state index contributed by atoms with van der Waals surface area (Å²) in [7, 11) is 0. The van der Waals surface area contributed by atoms with Crippen molar-refractivity contribution >= 4 is 30.7 Å². The number of pyridine rings is 1. The van der Waals surface area contributed by atoms with Crippen molar-refractivity contribution in [1.82, 2.24) is 15.6 Å². The third-order valence-electron chi connectivity index (χ3n) is 2.69. The molecule has 4 nitrogen and oxygen atoms in total. The third kappa shape index (κ3) is 4.40. The van der Waals surface area contributed by atoms with E-state index < -0.39 is 5.82 Å². The molecule has 0 saturated carbocycles. The van der Waals surface area contributed by atoms with E-state index in [1.165, 1.54) is 12.3 Å². The number of hydrogen-bond donors (Lipinski definition) is 2. The minimum Gasteiger partial charge on any atom is -0.350 e. The summed E-state index contributed by atoms with van der Waals surface area (Å²) in [5.74, 6) is -0.965. The molecule has 1 aliphatic heterocycles. The van der Waals surface area contributed by atoms with Crippen LogP contribution in [0.25, 0.3) is 0 Å². The molecule has 2 heterocycles. The minimum absolute atomic E-state index is 0. The summed E-state index contributed by atoms with van der Waals surface area (Å²) in [6, 6.07) is 1.70. The highest BCUT2D eigenvalue weighted by Gasteiger charge is 2.16. The van der Waals surface area contributed by atoms with Crippen LogP contribution in [-0.2, 0) is 0 Å². The quantitative estimate of drug-likeness (QED) is 0.890. The molecule has 1 aromatic heterocycles. The zero-order valence-corrected chi connectivity index (χ0v) is 11.3. The average Bonchev–Trinajstić information content (AvgIpc) is 2.79. The summed E-state index contributed by atoms with van der Waals surface area (Å²) in [6.45, 7) is 1.53. The third-order valence-corrected chi connectivity index (χ3v) is 2.69. The van der Waals surface area contributed by atoms with Crippen molar-refractivity contribution in [2.45, 2.75) is 18.9 Å². The molecular weight excluding hydrogens is 280 g/mol. The molecule has 102 valence electrons. The Bertz CT molecular complexity index is 386. The first kappa shape index (κ1) is 17.1. The van der Waals surface area contributed by atoms with Gasteiger partial charge in [0.1, 0.15) is 0 Å². The Hall–Kier alpha value is -0.910. The highest BCUT2D eigenvalue weighted by molar-refractivity contribution is 5.94. The molecule has 1 saturated heterocycles. The molecule has 2 N–H and O–H groups in total. The van der Waals surface area contributed by atoms with E-state index in [0.29, 0.717) is 12.6 Å².